The molecule has 0 radical (unpaired) electrons. The number of methoxy groups -OCH3 is 1. The topological polar surface area (TPSA) is 44.5 Å². The van der Waals surface area contributed by atoms with Crippen LogP contribution in [0.25, 0.3) is 0 Å². The third kappa shape index (κ3) is 3.72. The zero-order chi connectivity index (χ0) is 8.10. The van der Waals surface area contributed by atoms with Crippen LogP contribution in [0.3, 0.4) is 0 Å². The van der Waals surface area contributed by atoms with Gasteiger partial charge in [0.15, 0.2) is 0 Å². The molecular formula is C8H18ClNO2. The molecule has 74 valence electrons. The van der Waals surface area contributed by atoms with Crippen molar-refractivity contribution < 1.29 is 9.47 Å². The van der Waals surface area contributed by atoms with Gasteiger partial charge in [0.05, 0.1) is 12.2 Å². The first-order valence-corrected chi connectivity index (χ1v) is 4.21. The highest BCUT2D eigenvalue weighted by atomic mass is 35.5. The Morgan fingerprint density at radius 1 is 1.67 bits per heavy atom. The van der Waals surface area contributed by atoms with E-state index in [-0.39, 0.29) is 18.5 Å². The first-order chi connectivity index (χ1) is 5.36. The van der Waals surface area contributed by atoms with E-state index < -0.39 is 0 Å². The summed E-state index contributed by atoms with van der Waals surface area (Å²) >= 11 is 0. The third-order valence-corrected chi connectivity index (χ3v) is 2.15. The molecule has 2 N–H and O–H groups in total. The summed E-state index contributed by atoms with van der Waals surface area (Å²) in [7, 11) is 1.70. The molecule has 12 heavy (non-hydrogen) atoms. The summed E-state index contributed by atoms with van der Waals surface area (Å²) in [6.07, 6.45) is 3.88. The molecule has 3 nitrogen and oxygen atoms in total. The van der Waals surface area contributed by atoms with Crippen molar-refractivity contribution in [2.75, 3.05) is 20.3 Å². The van der Waals surface area contributed by atoms with Gasteiger partial charge in [0.2, 0.25) is 0 Å². The van der Waals surface area contributed by atoms with Crippen LogP contribution in [-0.4, -0.2) is 32.5 Å². The average molecular weight is 196 g/mol. The second kappa shape index (κ2) is 6.66. The van der Waals surface area contributed by atoms with Gasteiger partial charge in [-0.3, -0.25) is 0 Å². The largest absolute Gasteiger partial charge is 0.380 e. The van der Waals surface area contributed by atoms with Gasteiger partial charge in [0.25, 0.3) is 0 Å². The number of hydrogen-bond donors (Lipinski definition) is 1. The highest BCUT2D eigenvalue weighted by Crippen LogP contribution is 2.17. The normalized spacial score (nSPS) is 25.0. The van der Waals surface area contributed by atoms with Crippen molar-refractivity contribution in [1.82, 2.24) is 0 Å². The van der Waals surface area contributed by atoms with Crippen LogP contribution in [0.15, 0.2) is 0 Å². The SMILES string of the molecule is COC(CN)CC1CCCO1.Cl. The Labute approximate surface area is 80.0 Å². The van der Waals surface area contributed by atoms with Crippen LogP contribution in [0.5, 0.6) is 0 Å². The molecule has 4 heteroatoms. The van der Waals surface area contributed by atoms with Crippen molar-refractivity contribution in [3.8, 4) is 0 Å². The fourth-order valence-electron chi connectivity index (χ4n) is 1.41. The van der Waals surface area contributed by atoms with Gasteiger partial charge in [-0.15, -0.1) is 12.4 Å². The standard InChI is InChI=1S/C8H17NO2.ClH/c1-10-8(6-9)5-7-3-2-4-11-7;/h7-8H,2-6,9H2,1H3;1H. The van der Waals surface area contributed by atoms with Gasteiger partial charge in [-0.2, -0.15) is 0 Å². The van der Waals surface area contributed by atoms with Crippen LogP contribution in [0.2, 0.25) is 0 Å². The molecule has 0 aromatic carbocycles. The van der Waals surface area contributed by atoms with Gasteiger partial charge in [-0.1, -0.05) is 0 Å². The zero-order valence-electron chi connectivity index (χ0n) is 7.49. The maximum atomic E-state index is 5.48. The van der Waals surface area contributed by atoms with Crippen molar-refractivity contribution in [2.24, 2.45) is 5.73 Å². The van der Waals surface area contributed by atoms with Crippen molar-refractivity contribution in [3.05, 3.63) is 0 Å². The maximum absolute atomic E-state index is 5.48. The van der Waals surface area contributed by atoms with E-state index in [1.807, 2.05) is 0 Å². The lowest BCUT2D eigenvalue weighted by Crippen LogP contribution is -2.27. The Hall–Kier alpha value is 0.170. The number of rotatable bonds is 4. The Morgan fingerprint density at radius 3 is 2.83 bits per heavy atom. The molecule has 0 aromatic rings. The molecule has 0 aromatic heterocycles. The molecule has 0 aliphatic carbocycles. The van der Waals surface area contributed by atoms with Gasteiger partial charge in [0.1, 0.15) is 0 Å². The van der Waals surface area contributed by atoms with Crippen molar-refractivity contribution in [3.63, 3.8) is 0 Å². The lowest BCUT2D eigenvalue weighted by molar-refractivity contribution is 0.0336. The van der Waals surface area contributed by atoms with Crippen molar-refractivity contribution >= 4 is 12.4 Å². The highest BCUT2D eigenvalue weighted by Gasteiger charge is 2.19. The van der Waals surface area contributed by atoms with Gasteiger partial charge in [0, 0.05) is 26.7 Å². The molecule has 1 fully saturated rings. The highest BCUT2D eigenvalue weighted by molar-refractivity contribution is 5.85. The molecule has 1 aliphatic rings. The first kappa shape index (κ1) is 12.2. The van der Waals surface area contributed by atoms with E-state index in [1.54, 1.807) is 7.11 Å². The molecule has 2 atom stereocenters. The smallest absolute Gasteiger partial charge is 0.0718 e. The average Bonchev–Trinajstić information content (AvgIpc) is 2.52. The lowest BCUT2D eigenvalue weighted by Gasteiger charge is -2.16. The van der Waals surface area contributed by atoms with Gasteiger partial charge >= 0.3 is 0 Å². The molecule has 1 heterocycles. The predicted octanol–water partition coefficient (Wildman–Crippen LogP) is 0.951. The quantitative estimate of drug-likeness (QED) is 0.727. The van der Waals surface area contributed by atoms with Crippen LogP contribution >= 0.6 is 12.4 Å². The van der Waals surface area contributed by atoms with Gasteiger partial charge in [-0.05, 0) is 12.8 Å². The van der Waals surface area contributed by atoms with Crippen LogP contribution in [0, 0.1) is 0 Å². The Balaban J connectivity index is 0.00000121. The molecule has 2 unspecified atom stereocenters. The van der Waals surface area contributed by atoms with E-state index in [0.717, 1.165) is 13.0 Å². The molecular weight excluding hydrogens is 178 g/mol. The molecule has 0 saturated carbocycles. The van der Waals surface area contributed by atoms with Crippen LogP contribution in [0.1, 0.15) is 19.3 Å². The Morgan fingerprint density at radius 2 is 2.42 bits per heavy atom. The summed E-state index contributed by atoms with van der Waals surface area (Å²) in [4.78, 5) is 0. The number of ether oxygens (including phenoxy) is 2. The monoisotopic (exact) mass is 195 g/mol. The van der Waals surface area contributed by atoms with Crippen molar-refractivity contribution in [1.29, 1.82) is 0 Å². The van der Waals surface area contributed by atoms with E-state index in [2.05, 4.69) is 0 Å². The summed E-state index contributed by atoms with van der Waals surface area (Å²) in [6, 6.07) is 0. The molecule has 1 rings (SSSR count). The fourth-order valence-corrected chi connectivity index (χ4v) is 1.41. The summed E-state index contributed by atoms with van der Waals surface area (Å²) < 4.78 is 10.6. The van der Waals surface area contributed by atoms with Crippen LogP contribution in [0.4, 0.5) is 0 Å². The van der Waals surface area contributed by atoms with E-state index >= 15 is 0 Å². The predicted molar refractivity (Wildman–Crippen MR) is 50.7 cm³/mol. The molecule has 0 spiro atoms. The summed E-state index contributed by atoms with van der Waals surface area (Å²) in [6.45, 7) is 1.50. The van der Waals surface area contributed by atoms with Crippen LogP contribution < -0.4 is 5.73 Å². The lowest BCUT2D eigenvalue weighted by atomic mass is 10.1. The summed E-state index contributed by atoms with van der Waals surface area (Å²) in [5, 5.41) is 0. The number of halogens is 1. The number of nitrogens with two attached hydrogens (primary N) is 1. The molecule has 1 saturated heterocycles. The molecule has 0 amide bonds. The molecule has 1 aliphatic heterocycles. The van der Waals surface area contributed by atoms with E-state index in [1.165, 1.54) is 12.8 Å². The van der Waals surface area contributed by atoms with E-state index in [4.69, 9.17) is 15.2 Å². The second-order valence-corrected chi connectivity index (χ2v) is 2.96. The fraction of sp³-hybridized carbons (Fsp3) is 1.00. The Kier molecular flexibility index (Phi) is 6.76. The zero-order valence-corrected chi connectivity index (χ0v) is 8.31. The Bertz CT molecular complexity index is 103. The van der Waals surface area contributed by atoms with Crippen molar-refractivity contribution in [2.45, 2.75) is 31.5 Å². The minimum absolute atomic E-state index is 0. The second-order valence-electron chi connectivity index (χ2n) is 2.96. The molecule has 0 bridgehead atoms. The summed E-state index contributed by atoms with van der Waals surface area (Å²) in [5.74, 6) is 0. The maximum Gasteiger partial charge on any atom is 0.0718 e. The first-order valence-electron chi connectivity index (χ1n) is 4.21. The number of hydrogen-bond acceptors (Lipinski definition) is 3. The van der Waals surface area contributed by atoms with E-state index in [0.29, 0.717) is 12.6 Å². The minimum Gasteiger partial charge on any atom is -0.380 e. The van der Waals surface area contributed by atoms with Gasteiger partial charge < -0.3 is 15.2 Å². The summed E-state index contributed by atoms with van der Waals surface area (Å²) in [5.41, 5.74) is 5.48. The van der Waals surface area contributed by atoms with Crippen LogP contribution in [-0.2, 0) is 9.47 Å². The van der Waals surface area contributed by atoms with Gasteiger partial charge in [-0.25, -0.2) is 0 Å². The minimum atomic E-state index is 0. The van der Waals surface area contributed by atoms with E-state index in [9.17, 15) is 0 Å². The third-order valence-electron chi connectivity index (χ3n) is 2.15.